The van der Waals surface area contributed by atoms with Gasteiger partial charge in [0.1, 0.15) is 11.6 Å². The Kier molecular flexibility index (Phi) is 12.2. The second-order valence-electron chi connectivity index (χ2n) is 19.5. The highest BCUT2D eigenvalue weighted by Crippen LogP contribution is 2.50. The summed E-state index contributed by atoms with van der Waals surface area (Å²) >= 11 is 0. The van der Waals surface area contributed by atoms with Crippen LogP contribution in [0.15, 0.2) is 218 Å². The van der Waals surface area contributed by atoms with Gasteiger partial charge in [-0.05, 0) is 212 Å². The number of hydrogen-bond acceptors (Lipinski definition) is 6. The average Bonchev–Trinajstić information content (AvgIpc) is 3.68. The fourth-order valence-electron chi connectivity index (χ4n) is 10.7. The molecule has 0 aliphatic rings. The van der Waals surface area contributed by atoms with Crippen molar-refractivity contribution in [2.75, 3.05) is 9.80 Å². The van der Waals surface area contributed by atoms with E-state index in [1.165, 1.54) is 12.1 Å². The van der Waals surface area contributed by atoms with Gasteiger partial charge in [-0.3, -0.25) is 0 Å². The molecular formula is C70H42F2N6. The van der Waals surface area contributed by atoms with Crippen LogP contribution in [0.5, 0.6) is 0 Å². The van der Waals surface area contributed by atoms with Crippen molar-refractivity contribution in [2.24, 2.45) is 0 Å². The molecule has 0 bridgehead atoms. The molecule has 0 N–H and O–H groups in total. The van der Waals surface area contributed by atoms with Crippen molar-refractivity contribution >= 4 is 66.4 Å². The summed E-state index contributed by atoms with van der Waals surface area (Å²) in [7, 11) is 0. The summed E-state index contributed by atoms with van der Waals surface area (Å²) in [6.07, 6.45) is 0. The Hall–Kier alpha value is -10.9. The van der Waals surface area contributed by atoms with Crippen LogP contribution in [0.25, 0.3) is 76.8 Å². The van der Waals surface area contributed by atoms with Gasteiger partial charge < -0.3 is 9.80 Å². The molecule has 0 unspecified atom stereocenters. The van der Waals surface area contributed by atoms with E-state index in [0.717, 1.165) is 99.3 Å². The molecule has 0 aromatic heterocycles. The minimum Gasteiger partial charge on any atom is -0.307 e. The standard InChI is InChI=1S/C70H42F2N6/c1-43-3-27-63(71)67(31-43)77(59-35-55(49-13-5-45(39-73)6-14-49)33-56(36-59)50-15-7-46(40-74)8-16-50)65-29-23-53-22-26-62-66(30-24-54-21-25-61(65)69(53)70(54)62)78(68-32-44(2)4-28-64(68)72)60-37-57(51-17-9-47(41-75)10-18-51)34-58(38-60)52-19-11-48(42-76)12-20-52/h3-38H,1-2H3. The third-order valence-corrected chi connectivity index (χ3v) is 14.5. The fourth-order valence-corrected chi connectivity index (χ4v) is 10.7. The second-order valence-corrected chi connectivity index (χ2v) is 19.5. The van der Waals surface area contributed by atoms with Crippen molar-refractivity contribution in [2.45, 2.75) is 13.8 Å². The lowest BCUT2D eigenvalue weighted by molar-refractivity contribution is 0.628. The van der Waals surface area contributed by atoms with E-state index in [0.29, 0.717) is 45.0 Å². The molecule has 0 aliphatic carbocycles. The van der Waals surface area contributed by atoms with Crippen LogP contribution in [0.3, 0.4) is 0 Å². The molecule has 78 heavy (non-hydrogen) atoms. The predicted molar refractivity (Wildman–Crippen MR) is 310 cm³/mol. The highest BCUT2D eigenvalue weighted by Gasteiger charge is 2.26. The SMILES string of the molecule is Cc1ccc(F)c(N(c2cc(-c3ccc(C#N)cc3)cc(-c3ccc(C#N)cc3)c2)c2ccc3ccc4c(N(c5cc(-c6ccc(C#N)cc6)cc(-c6ccc(C#N)cc6)c5)c5cc(C)ccc5F)ccc5ccc2c3c54)c1. The van der Waals surface area contributed by atoms with Gasteiger partial charge in [0.2, 0.25) is 0 Å². The van der Waals surface area contributed by atoms with E-state index < -0.39 is 11.6 Å². The molecular weight excluding hydrogens is 963 g/mol. The zero-order valence-electron chi connectivity index (χ0n) is 42.2. The fraction of sp³-hybridized carbons (Fsp3) is 0.0286. The molecule has 0 atom stereocenters. The highest BCUT2D eigenvalue weighted by atomic mass is 19.1. The molecule has 12 aromatic carbocycles. The molecule has 0 amide bonds. The lowest BCUT2D eigenvalue weighted by Crippen LogP contribution is -2.14. The summed E-state index contributed by atoms with van der Waals surface area (Å²) in [5.41, 5.74) is 14.1. The van der Waals surface area contributed by atoms with Crippen LogP contribution in [0.4, 0.5) is 42.9 Å². The first-order valence-corrected chi connectivity index (χ1v) is 25.2. The number of aryl methyl sites for hydroxylation is 2. The third-order valence-electron chi connectivity index (χ3n) is 14.5. The van der Waals surface area contributed by atoms with Crippen LogP contribution in [0.1, 0.15) is 33.4 Å². The van der Waals surface area contributed by atoms with Crippen LogP contribution < -0.4 is 9.80 Å². The van der Waals surface area contributed by atoms with Gasteiger partial charge in [0.25, 0.3) is 0 Å². The molecule has 12 aromatic rings. The smallest absolute Gasteiger partial charge is 0.147 e. The van der Waals surface area contributed by atoms with Crippen molar-refractivity contribution in [3.8, 4) is 68.8 Å². The van der Waals surface area contributed by atoms with Crippen molar-refractivity contribution in [1.29, 1.82) is 21.0 Å². The Morgan fingerprint density at radius 3 is 0.885 bits per heavy atom. The van der Waals surface area contributed by atoms with E-state index in [1.54, 1.807) is 60.7 Å². The second kappa shape index (κ2) is 19.7. The largest absolute Gasteiger partial charge is 0.307 e. The van der Waals surface area contributed by atoms with E-state index >= 15 is 8.78 Å². The third kappa shape index (κ3) is 8.72. The topological polar surface area (TPSA) is 102 Å². The molecule has 8 heteroatoms. The van der Waals surface area contributed by atoms with Crippen LogP contribution in [-0.2, 0) is 0 Å². The van der Waals surface area contributed by atoms with Gasteiger partial charge in [0, 0.05) is 22.1 Å². The van der Waals surface area contributed by atoms with E-state index in [2.05, 4.69) is 72.8 Å². The summed E-state index contributed by atoms with van der Waals surface area (Å²) in [6.45, 7) is 3.89. The molecule has 0 radical (unpaired) electrons. The van der Waals surface area contributed by atoms with Gasteiger partial charge in [-0.25, -0.2) is 8.78 Å². The van der Waals surface area contributed by atoms with E-state index in [9.17, 15) is 21.0 Å². The maximum atomic E-state index is 16.9. The summed E-state index contributed by atoms with van der Waals surface area (Å²) in [5.74, 6) is -0.839. The van der Waals surface area contributed by atoms with Gasteiger partial charge in [0.15, 0.2) is 0 Å². The van der Waals surface area contributed by atoms with Crippen molar-refractivity contribution < 1.29 is 8.78 Å². The van der Waals surface area contributed by atoms with Gasteiger partial charge in [0.05, 0.1) is 69.3 Å². The van der Waals surface area contributed by atoms with Gasteiger partial charge >= 0.3 is 0 Å². The van der Waals surface area contributed by atoms with Gasteiger partial charge in [-0.2, -0.15) is 21.0 Å². The molecule has 0 heterocycles. The molecule has 0 aliphatic heterocycles. The Morgan fingerprint density at radius 2 is 0.590 bits per heavy atom. The van der Waals surface area contributed by atoms with Crippen LogP contribution >= 0.6 is 0 Å². The Morgan fingerprint density at radius 1 is 0.295 bits per heavy atom. The minimum atomic E-state index is -0.420. The molecule has 12 rings (SSSR count). The Labute approximate surface area is 450 Å². The first-order valence-electron chi connectivity index (χ1n) is 25.2. The zero-order valence-corrected chi connectivity index (χ0v) is 42.2. The average molecular weight is 1010 g/mol. The van der Waals surface area contributed by atoms with Crippen LogP contribution in [0, 0.1) is 70.8 Å². The molecule has 0 fully saturated rings. The van der Waals surface area contributed by atoms with Gasteiger partial charge in [-0.15, -0.1) is 0 Å². The Balaban J connectivity index is 1.11. The quantitative estimate of drug-likeness (QED) is 0.127. The molecule has 6 nitrogen and oxygen atoms in total. The lowest BCUT2D eigenvalue weighted by Gasteiger charge is -2.30. The minimum absolute atomic E-state index is 0.342. The molecule has 0 saturated carbocycles. The van der Waals surface area contributed by atoms with E-state index in [-0.39, 0.29) is 0 Å². The number of rotatable bonds is 10. The molecule has 366 valence electrons. The van der Waals surface area contributed by atoms with Crippen molar-refractivity contribution in [3.63, 3.8) is 0 Å². The van der Waals surface area contributed by atoms with E-state index in [4.69, 9.17) is 0 Å². The number of nitrogens with zero attached hydrogens (tertiary/aromatic N) is 6. The Bertz CT molecular complexity index is 4080. The number of anilines is 6. The monoisotopic (exact) mass is 1000 g/mol. The van der Waals surface area contributed by atoms with Crippen molar-refractivity contribution in [3.05, 3.63) is 263 Å². The normalized spacial score (nSPS) is 11.0. The van der Waals surface area contributed by atoms with Crippen LogP contribution in [0.2, 0.25) is 0 Å². The van der Waals surface area contributed by atoms with Crippen LogP contribution in [-0.4, -0.2) is 0 Å². The number of hydrogen-bond donors (Lipinski definition) is 0. The maximum absolute atomic E-state index is 16.9. The number of halogens is 2. The van der Waals surface area contributed by atoms with E-state index in [1.807, 2.05) is 121 Å². The zero-order chi connectivity index (χ0) is 53.6. The van der Waals surface area contributed by atoms with Gasteiger partial charge in [-0.1, -0.05) is 97.1 Å². The molecule has 0 saturated heterocycles. The number of nitriles is 4. The maximum Gasteiger partial charge on any atom is 0.147 e. The number of benzene rings is 12. The summed E-state index contributed by atoms with van der Waals surface area (Å²) in [4.78, 5) is 3.95. The molecule has 0 spiro atoms. The summed E-state index contributed by atoms with van der Waals surface area (Å²) < 4.78 is 33.8. The summed E-state index contributed by atoms with van der Waals surface area (Å²) in [6, 6.07) is 77.5. The lowest BCUT2D eigenvalue weighted by atomic mass is 9.91. The highest BCUT2D eigenvalue weighted by molar-refractivity contribution is 6.28. The first-order chi connectivity index (χ1) is 38.1. The predicted octanol–water partition coefficient (Wildman–Crippen LogP) is 18.6. The summed E-state index contributed by atoms with van der Waals surface area (Å²) in [5, 5.41) is 44.2. The van der Waals surface area contributed by atoms with Crippen molar-refractivity contribution in [1.82, 2.24) is 0 Å². The first kappa shape index (κ1) is 48.1.